The third kappa shape index (κ3) is 4.58. The van der Waals surface area contributed by atoms with E-state index in [1.165, 1.54) is 52.8 Å². The van der Waals surface area contributed by atoms with Crippen LogP contribution in [0, 0.1) is 10.1 Å². The quantitative estimate of drug-likeness (QED) is 0.557. The normalized spacial score (nSPS) is 14.3. The van der Waals surface area contributed by atoms with E-state index in [0.29, 0.717) is 13.1 Å². The van der Waals surface area contributed by atoms with E-state index in [4.69, 9.17) is 0 Å². The highest BCUT2D eigenvalue weighted by Gasteiger charge is 2.27. The number of nitrogens with zero attached hydrogens (tertiary/aromatic N) is 2. The lowest BCUT2D eigenvalue weighted by Crippen LogP contribution is -2.41. The molecule has 10 nitrogen and oxygen atoms in total. The largest absolute Gasteiger partial charge is 0.269 e. The lowest BCUT2D eigenvalue weighted by atomic mass is 10.2. The first-order valence-electron chi connectivity index (χ1n) is 8.74. The number of hydrazine groups is 1. The molecule has 0 unspecified atom stereocenters. The summed E-state index contributed by atoms with van der Waals surface area (Å²) in [5.41, 5.74) is 4.55. The van der Waals surface area contributed by atoms with Gasteiger partial charge in [0.1, 0.15) is 0 Å². The van der Waals surface area contributed by atoms with Crippen LogP contribution in [-0.2, 0) is 10.0 Å². The molecule has 29 heavy (non-hydrogen) atoms. The van der Waals surface area contributed by atoms with Crippen molar-refractivity contribution in [2.24, 2.45) is 0 Å². The molecule has 152 valence electrons. The fraction of sp³-hybridized carbons (Fsp3) is 0.222. The summed E-state index contributed by atoms with van der Waals surface area (Å²) < 4.78 is 26.4. The molecule has 0 radical (unpaired) electrons. The molecule has 2 aromatic rings. The van der Waals surface area contributed by atoms with Crippen molar-refractivity contribution in [3.8, 4) is 0 Å². The van der Waals surface area contributed by atoms with E-state index in [1.54, 1.807) is 0 Å². The average Bonchev–Trinajstić information content (AvgIpc) is 3.27. The number of nitrogens with one attached hydrogen (secondary N) is 2. The van der Waals surface area contributed by atoms with Crippen molar-refractivity contribution in [2.75, 3.05) is 13.1 Å². The molecule has 1 heterocycles. The minimum absolute atomic E-state index is 0.103. The van der Waals surface area contributed by atoms with Gasteiger partial charge in [0.25, 0.3) is 17.5 Å². The van der Waals surface area contributed by atoms with Crippen LogP contribution in [0.2, 0.25) is 0 Å². The highest BCUT2D eigenvalue weighted by atomic mass is 32.2. The first-order chi connectivity index (χ1) is 13.8. The number of non-ortho nitro benzene ring substituents is 1. The van der Waals surface area contributed by atoms with Gasteiger partial charge in [0.05, 0.1) is 9.82 Å². The van der Waals surface area contributed by atoms with Gasteiger partial charge in [-0.1, -0.05) is 0 Å². The molecule has 0 atom stereocenters. The Labute approximate surface area is 166 Å². The maximum absolute atomic E-state index is 12.5. The first kappa shape index (κ1) is 20.4. The molecule has 0 spiro atoms. The van der Waals surface area contributed by atoms with Gasteiger partial charge in [0.15, 0.2) is 0 Å². The van der Waals surface area contributed by atoms with Gasteiger partial charge in [-0.3, -0.25) is 30.6 Å². The van der Waals surface area contributed by atoms with E-state index in [1.807, 2.05) is 0 Å². The van der Waals surface area contributed by atoms with Crippen LogP contribution in [-0.4, -0.2) is 42.6 Å². The maximum Gasteiger partial charge on any atom is 0.269 e. The molecule has 0 bridgehead atoms. The van der Waals surface area contributed by atoms with E-state index in [9.17, 15) is 28.1 Å². The fourth-order valence-electron chi connectivity index (χ4n) is 2.85. The number of sulfonamides is 1. The highest BCUT2D eigenvalue weighted by molar-refractivity contribution is 7.89. The van der Waals surface area contributed by atoms with Crippen molar-refractivity contribution < 1.29 is 22.9 Å². The van der Waals surface area contributed by atoms with Crippen LogP contribution in [0.5, 0.6) is 0 Å². The Hall–Kier alpha value is -3.31. The highest BCUT2D eigenvalue weighted by Crippen LogP contribution is 2.21. The molecular weight excluding hydrogens is 400 g/mol. The molecule has 0 aliphatic carbocycles. The zero-order valence-corrected chi connectivity index (χ0v) is 16.0. The Bertz CT molecular complexity index is 1030. The number of rotatable bonds is 5. The minimum Gasteiger partial charge on any atom is -0.267 e. The average molecular weight is 418 g/mol. The summed E-state index contributed by atoms with van der Waals surface area (Å²) in [6.45, 7) is 0.971. The summed E-state index contributed by atoms with van der Waals surface area (Å²) in [4.78, 5) is 34.3. The third-order valence-corrected chi connectivity index (χ3v) is 6.36. The molecule has 1 aliphatic rings. The molecule has 1 aliphatic heterocycles. The van der Waals surface area contributed by atoms with E-state index < -0.39 is 26.8 Å². The van der Waals surface area contributed by atoms with Gasteiger partial charge < -0.3 is 0 Å². The molecule has 11 heteroatoms. The van der Waals surface area contributed by atoms with Crippen molar-refractivity contribution in [3.05, 3.63) is 69.8 Å². The van der Waals surface area contributed by atoms with Gasteiger partial charge in [-0.15, -0.1) is 0 Å². The van der Waals surface area contributed by atoms with Crippen molar-refractivity contribution in [1.29, 1.82) is 0 Å². The predicted molar refractivity (Wildman–Crippen MR) is 102 cm³/mol. The monoisotopic (exact) mass is 418 g/mol. The summed E-state index contributed by atoms with van der Waals surface area (Å²) in [5, 5.41) is 10.6. The first-order valence-corrected chi connectivity index (χ1v) is 10.2. The molecule has 0 aromatic heterocycles. The zero-order chi connectivity index (χ0) is 21.0. The number of nitro benzene ring substituents is 1. The number of hydrogen-bond acceptors (Lipinski definition) is 6. The lowest BCUT2D eigenvalue weighted by Gasteiger charge is -2.15. The number of benzene rings is 2. The van der Waals surface area contributed by atoms with Crippen molar-refractivity contribution in [3.63, 3.8) is 0 Å². The van der Waals surface area contributed by atoms with Gasteiger partial charge in [-0.25, -0.2) is 8.42 Å². The lowest BCUT2D eigenvalue weighted by molar-refractivity contribution is -0.384. The van der Waals surface area contributed by atoms with Crippen LogP contribution < -0.4 is 10.9 Å². The second kappa shape index (κ2) is 8.37. The van der Waals surface area contributed by atoms with Crippen molar-refractivity contribution in [1.82, 2.24) is 15.2 Å². The molecule has 0 saturated carbocycles. The number of nitro groups is 1. The Kier molecular flexibility index (Phi) is 5.89. The third-order valence-electron chi connectivity index (χ3n) is 4.45. The fourth-order valence-corrected chi connectivity index (χ4v) is 4.37. The summed E-state index contributed by atoms with van der Waals surface area (Å²) in [7, 11) is -3.57. The molecule has 2 N–H and O–H groups in total. The van der Waals surface area contributed by atoms with E-state index >= 15 is 0 Å². The number of hydrogen-bond donors (Lipinski definition) is 2. The topological polar surface area (TPSA) is 139 Å². The molecule has 3 rings (SSSR count). The SMILES string of the molecule is O=C(NNC(=O)c1ccc(S(=O)(=O)N2CCCC2)cc1)c1ccc([N+](=O)[O-])cc1. The molecule has 1 saturated heterocycles. The smallest absolute Gasteiger partial charge is 0.267 e. The second-order valence-electron chi connectivity index (χ2n) is 6.35. The zero-order valence-electron chi connectivity index (χ0n) is 15.2. The number of carbonyl (C=O) groups is 2. The predicted octanol–water partition coefficient (Wildman–Crippen LogP) is 1.45. The molecule has 1 fully saturated rings. The Morgan fingerprint density at radius 1 is 0.862 bits per heavy atom. The van der Waals surface area contributed by atoms with Gasteiger partial charge in [0.2, 0.25) is 10.0 Å². The van der Waals surface area contributed by atoms with Gasteiger partial charge >= 0.3 is 0 Å². The van der Waals surface area contributed by atoms with Crippen LogP contribution in [0.3, 0.4) is 0 Å². The number of carbonyl (C=O) groups excluding carboxylic acids is 2. The van der Waals surface area contributed by atoms with E-state index in [0.717, 1.165) is 12.8 Å². The van der Waals surface area contributed by atoms with Crippen LogP contribution in [0.15, 0.2) is 53.4 Å². The van der Waals surface area contributed by atoms with E-state index in [-0.39, 0.29) is 21.7 Å². The summed E-state index contributed by atoms with van der Waals surface area (Å²) in [6, 6.07) is 10.3. The number of amides is 2. The molecule has 2 aromatic carbocycles. The second-order valence-corrected chi connectivity index (χ2v) is 8.29. The standard InChI is InChI=1S/C18H18N4O6S/c23-17(13-3-7-15(8-4-13)22(25)26)19-20-18(24)14-5-9-16(10-6-14)29(27,28)21-11-1-2-12-21/h3-10H,1-2,11-12H2,(H,19,23)(H,20,24). The molecular formula is C18H18N4O6S. The van der Waals surface area contributed by atoms with Gasteiger partial charge in [0, 0.05) is 36.3 Å². The van der Waals surface area contributed by atoms with Crippen LogP contribution in [0.4, 0.5) is 5.69 Å². The van der Waals surface area contributed by atoms with Crippen LogP contribution in [0.1, 0.15) is 33.6 Å². The van der Waals surface area contributed by atoms with Gasteiger partial charge in [-0.2, -0.15) is 4.31 Å². The summed E-state index contributed by atoms with van der Waals surface area (Å²) in [5.74, 6) is -1.29. The van der Waals surface area contributed by atoms with Crippen LogP contribution in [0.25, 0.3) is 0 Å². The Morgan fingerprint density at radius 2 is 1.31 bits per heavy atom. The van der Waals surface area contributed by atoms with E-state index in [2.05, 4.69) is 10.9 Å². The maximum atomic E-state index is 12.5. The van der Waals surface area contributed by atoms with Crippen LogP contribution >= 0.6 is 0 Å². The summed E-state index contributed by atoms with van der Waals surface area (Å²) in [6.07, 6.45) is 1.66. The Morgan fingerprint density at radius 3 is 1.76 bits per heavy atom. The van der Waals surface area contributed by atoms with Crippen molar-refractivity contribution >= 4 is 27.5 Å². The van der Waals surface area contributed by atoms with Crippen molar-refractivity contribution in [2.45, 2.75) is 17.7 Å². The Balaban J connectivity index is 1.60. The summed E-state index contributed by atoms with van der Waals surface area (Å²) >= 11 is 0. The van der Waals surface area contributed by atoms with Gasteiger partial charge in [-0.05, 0) is 49.2 Å². The molecule has 2 amide bonds. The minimum atomic E-state index is -3.57.